The van der Waals surface area contributed by atoms with Crippen molar-refractivity contribution in [2.75, 3.05) is 17.1 Å². The molecule has 0 bridgehead atoms. The van der Waals surface area contributed by atoms with Crippen LogP contribution < -0.4 is 9.62 Å². The van der Waals surface area contributed by atoms with Crippen molar-refractivity contribution in [3.8, 4) is 0 Å². The van der Waals surface area contributed by atoms with Gasteiger partial charge in [0.15, 0.2) is 0 Å². The summed E-state index contributed by atoms with van der Waals surface area (Å²) in [6.07, 6.45) is 1.89. The van der Waals surface area contributed by atoms with Crippen LogP contribution in [0, 0.1) is 0 Å². The molecule has 0 saturated carbocycles. The zero-order chi connectivity index (χ0) is 25.7. The van der Waals surface area contributed by atoms with E-state index in [0.29, 0.717) is 5.69 Å². The topological polar surface area (TPSA) is 86.8 Å². The summed E-state index contributed by atoms with van der Waals surface area (Å²) < 4.78 is 27.1. The average molecular weight is 553 g/mol. The highest BCUT2D eigenvalue weighted by Gasteiger charge is 2.31. The first-order chi connectivity index (χ1) is 15.7. The number of amides is 2. The molecular weight excluding hydrogens is 518 g/mol. The highest BCUT2D eigenvalue weighted by Crippen LogP contribution is 2.21. The molecule has 0 heterocycles. The van der Waals surface area contributed by atoms with Crippen LogP contribution in [0.4, 0.5) is 5.69 Å². The molecule has 2 aromatic rings. The number of rotatable bonds is 9. The predicted octanol–water partition coefficient (Wildman–Crippen LogP) is 4.11. The van der Waals surface area contributed by atoms with E-state index in [1.165, 1.54) is 4.90 Å². The number of nitrogens with one attached hydrogen (secondary N) is 1. The van der Waals surface area contributed by atoms with Crippen LogP contribution in [0.5, 0.6) is 0 Å². The molecule has 1 atom stereocenters. The number of halogens is 1. The second kappa shape index (κ2) is 11.4. The van der Waals surface area contributed by atoms with Crippen molar-refractivity contribution >= 4 is 43.5 Å². The summed E-state index contributed by atoms with van der Waals surface area (Å²) in [6.45, 7) is 9.00. The predicted molar refractivity (Wildman–Crippen MR) is 140 cm³/mol. The summed E-state index contributed by atoms with van der Waals surface area (Å²) in [4.78, 5) is 27.9. The fourth-order valence-corrected chi connectivity index (χ4v) is 4.70. The molecule has 2 rings (SSSR count). The summed E-state index contributed by atoms with van der Waals surface area (Å²) in [5.41, 5.74) is 1.81. The number of aryl methyl sites for hydroxylation is 1. The van der Waals surface area contributed by atoms with Gasteiger partial charge in [0.1, 0.15) is 12.6 Å². The summed E-state index contributed by atoms with van der Waals surface area (Å²) in [6, 6.07) is 13.7. The Morgan fingerprint density at radius 2 is 1.68 bits per heavy atom. The van der Waals surface area contributed by atoms with E-state index in [4.69, 9.17) is 0 Å². The molecule has 0 aliphatic heterocycles. The number of anilines is 1. The number of sulfonamides is 1. The normalized spacial score (nSPS) is 12.7. The maximum atomic E-state index is 13.5. The van der Waals surface area contributed by atoms with E-state index >= 15 is 0 Å². The Bertz CT molecular complexity index is 1110. The van der Waals surface area contributed by atoms with Gasteiger partial charge in [0, 0.05) is 16.6 Å². The lowest BCUT2D eigenvalue weighted by Gasteiger charge is -2.33. The molecule has 0 unspecified atom stereocenters. The van der Waals surface area contributed by atoms with Gasteiger partial charge >= 0.3 is 0 Å². The van der Waals surface area contributed by atoms with Gasteiger partial charge in [-0.1, -0.05) is 47.1 Å². The molecule has 186 valence electrons. The Hall–Kier alpha value is -2.39. The van der Waals surface area contributed by atoms with Gasteiger partial charge in [-0.15, -0.1) is 0 Å². The Balaban J connectivity index is 2.39. The highest BCUT2D eigenvalue weighted by atomic mass is 79.9. The van der Waals surface area contributed by atoms with Gasteiger partial charge < -0.3 is 10.2 Å². The molecule has 0 aliphatic carbocycles. The minimum absolute atomic E-state index is 0.156. The Kier molecular flexibility index (Phi) is 9.30. The fourth-order valence-electron chi connectivity index (χ4n) is 3.40. The van der Waals surface area contributed by atoms with Crippen molar-refractivity contribution in [1.82, 2.24) is 10.2 Å². The summed E-state index contributed by atoms with van der Waals surface area (Å²) in [5.74, 6) is -0.782. The van der Waals surface area contributed by atoms with Crippen LogP contribution in [0.1, 0.15) is 45.7 Å². The van der Waals surface area contributed by atoms with Crippen molar-refractivity contribution in [2.24, 2.45) is 0 Å². The van der Waals surface area contributed by atoms with E-state index in [1.807, 2.05) is 64.1 Å². The molecule has 0 radical (unpaired) electrons. The van der Waals surface area contributed by atoms with Gasteiger partial charge in [0.25, 0.3) is 0 Å². The third-order valence-corrected chi connectivity index (χ3v) is 6.85. The van der Waals surface area contributed by atoms with Crippen LogP contribution in [0.2, 0.25) is 0 Å². The average Bonchev–Trinajstić information content (AvgIpc) is 2.73. The SMILES string of the molecule is CCc1ccc(N(CC(=O)N(Cc2cccc(Br)c2)[C@H](C)C(=O)NC(C)(C)C)S(C)(=O)=O)cc1. The fraction of sp³-hybridized carbons (Fsp3) is 0.440. The van der Waals surface area contributed by atoms with E-state index in [0.717, 1.165) is 32.6 Å². The molecule has 0 saturated heterocycles. The smallest absolute Gasteiger partial charge is 0.244 e. The van der Waals surface area contributed by atoms with E-state index < -0.39 is 34.1 Å². The first-order valence-electron chi connectivity index (χ1n) is 11.1. The minimum Gasteiger partial charge on any atom is -0.350 e. The Morgan fingerprint density at radius 1 is 1.06 bits per heavy atom. The molecule has 2 aromatic carbocycles. The van der Waals surface area contributed by atoms with Crippen LogP contribution in [0.15, 0.2) is 53.0 Å². The van der Waals surface area contributed by atoms with Crippen LogP contribution in [0.25, 0.3) is 0 Å². The molecule has 34 heavy (non-hydrogen) atoms. The van der Waals surface area contributed by atoms with E-state index in [9.17, 15) is 18.0 Å². The minimum atomic E-state index is -3.74. The van der Waals surface area contributed by atoms with E-state index in [2.05, 4.69) is 21.2 Å². The summed E-state index contributed by atoms with van der Waals surface area (Å²) in [7, 11) is -3.74. The van der Waals surface area contributed by atoms with Crippen molar-refractivity contribution in [3.05, 3.63) is 64.1 Å². The van der Waals surface area contributed by atoms with Crippen LogP contribution in [-0.2, 0) is 32.6 Å². The molecule has 7 nitrogen and oxygen atoms in total. The standard InChI is InChI=1S/C25H34BrN3O4S/c1-7-19-11-13-22(14-12-19)29(34(6,32)33)17-23(30)28(16-20-9-8-10-21(26)15-20)18(2)24(31)27-25(3,4)5/h8-15,18H,7,16-17H2,1-6H3,(H,27,31)/t18-/m1/s1. The van der Waals surface area contributed by atoms with Crippen molar-refractivity contribution in [3.63, 3.8) is 0 Å². The zero-order valence-corrected chi connectivity index (χ0v) is 23.0. The lowest BCUT2D eigenvalue weighted by Crippen LogP contribution is -2.54. The van der Waals surface area contributed by atoms with E-state index in [-0.39, 0.29) is 12.5 Å². The number of nitrogens with zero attached hydrogens (tertiary/aromatic N) is 2. The molecule has 9 heteroatoms. The molecule has 2 amide bonds. The van der Waals surface area contributed by atoms with Gasteiger partial charge in [-0.2, -0.15) is 0 Å². The first-order valence-corrected chi connectivity index (χ1v) is 13.8. The quantitative estimate of drug-likeness (QED) is 0.508. The zero-order valence-electron chi connectivity index (χ0n) is 20.6. The number of hydrogen-bond donors (Lipinski definition) is 1. The van der Waals surface area contributed by atoms with Crippen LogP contribution in [0.3, 0.4) is 0 Å². The third-order valence-electron chi connectivity index (χ3n) is 5.22. The number of carbonyl (C=O) groups is 2. The van der Waals surface area contributed by atoms with Crippen molar-refractivity contribution in [2.45, 2.75) is 59.2 Å². The summed E-state index contributed by atoms with van der Waals surface area (Å²) >= 11 is 3.43. The molecule has 1 N–H and O–H groups in total. The van der Waals surface area contributed by atoms with E-state index in [1.54, 1.807) is 19.1 Å². The lowest BCUT2D eigenvalue weighted by molar-refractivity contribution is -0.140. The third kappa shape index (κ3) is 8.13. The number of benzene rings is 2. The van der Waals surface area contributed by atoms with Gasteiger partial charge in [0.05, 0.1) is 11.9 Å². The van der Waals surface area contributed by atoms with Gasteiger partial charge in [-0.05, 0) is 69.5 Å². The maximum absolute atomic E-state index is 13.5. The molecule has 0 spiro atoms. The first kappa shape index (κ1) is 27.9. The van der Waals surface area contributed by atoms with Crippen LogP contribution in [-0.4, -0.2) is 49.5 Å². The maximum Gasteiger partial charge on any atom is 0.244 e. The molecule has 0 aliphatic rings. The van der Waals surface area contributed by atoms with Crippen molar-refractivity contribution in [1.29, 1.82) is 0 Å². The van der Waals surface area contributed by atoms with Crippen molar-refractivity contribution < 1.29 is 18.0 Å². The monoisotopic (exact) mass is 551 g/mol. The van der Waals surface area contributed by atoms with Gasteiger partial charge in [0.2, 0.25) is 21.8 Å². The largest absolute Gasteiger partial charge is 0.350 e. The van der Waals surface area contributed by atoms with Gasteiger partial charge in [-0.3, -0.25) is 13.9 Å². The molecule has 0 aromatic heterocycles. The Labute approximate surface area is 211 Å². The van der Waals surface area contributed by atoms with Gasteiger partial charge in [-0.25, -0.2) is 8.42 Å². The number of carbonyl (C=O) groups excluding carboxylic acids is 2. The molecular formula is C25H34BrN3O4S. The summed E-state index contributed by atoms with van der Waals surface area (Å²) in [5, 5.41) is 2.91. The van der Waals surface area contributed by atoms with Crippen LogP contribution >= 0.6 is 15.9 Å². The number of hydrogen-bond acceptors (Lipinski definition) is 4. The second-order valence-electron chi connectivity index (χ2n) is 9.36. The lowest BCUT2D eigenvalue weighted by atomic mass is 10.1. The highest BCUT2D eigenvalue weighted by molar-refractivity contribution is 9.10. The molecule has 0 fully saturated rings. The second-order valence-corrected chi connectivity index (χ2v) is 12.2. The Morgan fingerprint density at radius 3 is 2.18 bits per heavy atom.